The van der Waals surface area contributed by atoms with Crippen molar-refractivity contribution in [3.63, 3.8) is 0 Å². The van der Waals surface area contributed by atoms with E-state index in [9.17, 15) is 4.79 Å². The molecule has 0 unspecified atom stereocenters. The maximum atomic E-state index is 11.6. The summed E-state index contributed by atoms with van der Waals surface area (Å²) in [5.74, 6) is 1.03. The highest BCUT2D eigenvalue weighted by molar-refractivity contribution is 6.00. The van der Waals surface area contributed by atoms with Crippen LogP contribution in [-0.4, -0.2) is 25.4 Å². The van der Waals surface area contributed by atoms with E-state index in [4.69, 9.17) is 0 Å². The molecule has 0 aliphatic heterocycles. The minimum Gasteiger partial charge on any atom is -0.362 e. The van der Waals surface area contributed by atoms with Gasteiger partial charge in [-0.15, -0.1) is 0 Å². The Balaban J connectivity index is 1.64. The molecule has 2 N–H and O–H groups in total. The lowest BCUT2D eigenvalue weighted by Gasteiger charge is -2.15. The van der Waals surface area contributed by atoms with Gasteiger partial charge in [-0.1, -0.05) is 36.9 Å². The largest absolute Gasteiger partial charge is 0.362 e. The van der Waals surface area contributed by atoms with Gasteiger partial charge in [0, 0.05) is 11.7 Å². The summed E-state index contributed by atoms with van der Waals surface area (Å²) in [6.45, 7) is 5.55. The van der Waals surface area contributed by atoms with Gasteiger partial charge < -0.3 is 10.6 Å². The predicted molar refractivity (Wildman–Crippen MR) is 114 cm³/mol. The molecule has 4 aromatic rings. The first-order valence-electron chi connectivity index (χ1n) is 9.18. The van der Waals surface area contributed by atoms with Crippen LogP contribution in [0, 0.1) is 0 Å². The third kappa shape index (κ3) is 3.98. The number of anilines is 2. The van der Waals surface area contributed by atoms with Crippen LogP contribution in [0.5, 0.6) is 0 Å². The Hall–Kier alpha value is -4.00. The molecule has 0 saturated carbocycles. The van der Waals surface area contributed by atoms with Crippen LogP contribution in [-0.2, 0) is 4.79 Å². The summed E-state index contributed by atoms with van der Waals surface area (Å²) in [5, 5.41) is 6.14. The number of fused-ring (bicyclic) bond motifs is 1. The molecule has 0 radical (unpaired) electrons. The van der Waals surface area contributed by atoms with Gasteiger partial charge in [0.15, 0.2) is 5.82 Å². The normalized spacial score (nSPS) is 11.8. The first-order chi connectivity index (χ1) is 14.1. The van der Waals surface area contributed by atoms with Crippen molar-refractivity contribution in [2.24, 2.45) is 0 Å². The van der Waals surface area contributed by atoms with Crippen LogP contribution in [0.15, 0.2) is 79.9 Å². The molecule has 29 heavy (non-hydrogen) atoms. The molecule has 2 aromatic carbocycles. The highest BCUT2D eigenvalue weighted by Crippen LogP contribution is 2.22. The molecule has 0 aliphatic carbocycles. The zero-order valence-corrected chi connectivity index (χ0v) is 15.9. The molecule has 1 amide bonds. The monoisotopic (exact) mass is 384 g/mol. The van der Waals surface area contributed by atoms with Gasteiger partial charge in [-0.05, 0) is 36.8 Å². The Labute approximate surface area is 168 Å². The first-order valence-corrected chi connectivity index (χ1v) is 9.18. The van der Waals surface area contributed by atoms with Crippen molar-refractivity contribution >= 4 is 28.4 Å². The molecule has 7 heteroatoms. The van der Waals surface area contributed by atoms with Crippen molar-refractivity contribution in [1.29, 1.82) is 0 Å². The van der Waals surface area contributed by atoms with E-state index in [0.29, 0.717) is 17.3 Å². The molecule has 0 fully saturated rings. The van der Waals surface area contributed by atoms with E-state index in [1.165, 1.54) is 6.08 Å². The van der Waals surface area contributed by atoms with Gasteiger partial charge in [-0.3, -0.25) is 14.3 Å². The summed E-state index contributed by atoms with van der Waals surface area (Å²) >= 11 is 0. The highest BCUT2D eigenvalue weighted by atomic mass is 16.1. The number of imidazole rings is 1. The number of carbonyl (C=O) groups excluding carboxylic acids is 1. The average molecular weight is 384 g/mol. The number of carbonyl (C=O) groups is 1. The van der Waals surface area contributed by atoms with E-state index < -0.39 is 0 Å². The van der Waals surface area contributed by atoms with Crippen molar-refractivity contribution in [1.82, 2.24) is 19.5 Å². The molecular formula is C22H20N6O. The standard InChI is InChI=1S/C22H20N6O/c1-3-22(29)26-17-9-10-18-19(11-17)28(14-24-18)21-13-23-12-20(27-21)25-15(2)16-7-5-4-6-8-16/h3-15H,1H2,2H3,(H,25,27)(H,26,29)/t15-/m0/s1. The molecule has 0 aliphatic rings. The van der Waals surface area contributed by atoms with Gasteiger partial charge >= 0.3 is 0 Å². The molecule has 4 rings (SSSR count). The van der Waals surface area contributed by atoms with Crippen molar-refractivity contribution in [2.45, 2.75) is 13.0 Å². The van der Waals surface area contributed by atoms with Crippen LogP contribution in [0.25, 0.3) is 16.9 Å². The lowest BCUT2D eigenvalue weighted by Crippen LogP contribution is -2.09. The average Bonchev–Trinajstić information content (AvgIpc) is 3.17. The topological polar surface area (TPSA) is 84.7 Å². The number of benzene rings is 2. The fourth-order valence-electron chi connectivity index (χ4n) is 3.05. The molecule has 0 spiro atoms. The lowest BCUT2D eigenvalue weighted by atomic mass is 10.1. The third-order valence-corrected chi connectivity index (χ3v) is 4.53. The predicted octanol–water partition coefficient (Wildman–Crippen LogP) is 4.11. The van der Waals surface area contributed by atoms with Gasteiger partial charge in [0.05, 0.1) is 23.4 Å². The Morgan fingerprint density at radius 3 is 2.79 bits per heavy atom. The second-order valence-electron chi connectivity index (χ2n) is 6.55. The SMILES string of the molecule is C=CC(=O)Nc1ccc2ncn(-c3cncc(N[C@@H](C)c4ccccc4)n3)c2c1. The van der Waals surface area contributed by atoms with Crippen LogP contribution in [0.1, 0.15) is 18.5 Å². The molecule has 144 valence electrons. The van der Waals surface area contributed by atoms with Crippen molar-refractivity contribution in [3.05, 3.63) is 85.5 Å². The lowest BCUT2D eigenvalue weighted by molar-refractivity contribution is -0.111. The molecule has 2 heterocycles. The second-order valence-corrected chi connectivity index (χ2v) is 6.55. The van der Waals surface area contributed by atoms with Gasteiger partial charge in [0.25, 0.3) is 0 Å². The van der Waals surface area contributed by atoms with Crippen LogP contribution >= 0.6 is 0 Å². The number of amides is 1. The summed E-state index contributed by atoms with van der Waals surface area (Å²) in [5.41, 5.74) is 3.42. The second kappa shape index (κ2) is 7.93. The summed E-state index contributed by atoms with van der Waals surface area (Å²) in [7, 11) is 0. The van der Waals surface area contributed by atoms with Crippen LogP contribution in [0.2, 0.25) is 0 Å². The Bertz CT molecular complexity index is 1170. The molecule has 7 nitrogen and oxygen atoms in total. The summed E-state index contributed by atoms with van der Waals surface area (Å²) in [4.78, 5) is 25.0. The summed E-state index contributed by atoms with van der Waals surface area (Å²) < 4.78 is 1.84. The van der Waals surface area contributed by atoms with Gasteiger partial charge in [-0.25, -0.2) is 9.97 Å². The highest BCUT2D eigenvalue weighted by Gasteiger charge is 2.10. The van der Waals surface area contributed by atoms with Crippen LogP contribution in [0.4, 0.5) is 11.5 Å². The van der Waals surface area contributed by atoms with E-state index in [2.05, 4.69) is 51.2 Å². The number of rotatable bonds is 6. The van der Waals surface area contributed by atoms with Crippen LogP contribution < -0.4 is 10.6 Å². The molecule has 1 atom stereocenters. The van der Waals surface area contributed by atoms with E-state index in [-0.39, 0.29) is 11.9 Å². The maximum absolute atomic E-state index is 11.6. The van der Waals surface area contributed by atoms with Gasteiger partial charge in [0.2, 0.25) is 5.91 Å². The van der Waals surface area contributed by atoms with E-state index in [0.717, 1.165) is 16.6 Å². The van der Waals surface area contributed by atoms with E-state index >= 15 is 0 Å². The Kier molecular flexibility index (Phi) is 5.03. The van der Waals surface area contributed by atoms with Crippen molar-refractivity contribution in [3.8, 4) is 5.82 Å². The third-order valence-electron chi connectivity index (χ3n) is 4.53. The van der Waals surface area contributed by atoms with E-state index in [1.807, 2.05) is 34.9 Å². The number of hydrogen-bond acceptors (Lipinski definition) is 5. The Morgan fingerprint density at radius 2 is 2.00 bits per heavy atom. The minimum atomic E-state index is -0.267. The van der Waals surface area contributed by atoms with Crippen LogP contribution in [0.3, 0.4) is 0 Å². The van der Waals surface area contributed by atoms with Crippen molar-refractivity contribution < 1.29 is 4.79 Å². The quantitative estimate of drug-likeness (QED) is 0.489. The zero-order valence-electron chi connectivity index (χ0n) is 15.9. The minimum absolute atomic E-state index is 0.0843. The number of nitrogens with zero attached hydrogens (tertiary/aromatic N) is 4. The summed E-state index contributed by atoms with van der Waals surface area (Å²) in [6, 6.07) is 15.7. The zero-order chi connectivity index (χ0) is 20.2. The molecule has 2 aromatic heterocycles. The van der Waals surface area contributed by atoms with Gasteiger partial charge in [-0.2, -0.15) is 0 Å². The Morgan fingerprint density at radius 1 is 1.17 bits per heavy atom. The first kappa shape index (κ1) is 18.4. The van der Waals surface area contributed by atoms with Crippen molar-refractivity contribution in [2.75, 3.05) is 10.6 Å². The number of aromatic nitrogens is 4. The summed E-state index contributed by atoms with van der Waals surface area (Å²) in [6.07, 6.45) is 6.29. The smallest absolute Gasteiger partial charge is 0.247 e. The molecule has 0 saturated heterocycles. The number of nitrogens with one attached hydrogen (secondary N) is 2. The molecular weight excluding hydrogens is 364 g/mol. The fourth-order valence-corrected chi connectivity index (χ4v) is 3.05. The number of hydrogen-bond donors (Lipinski definition) is 2. The maximum Gasteiger partial charge on any atom is 0.247 e. The fraction of sp³-hybridized carbons (Fsp3) is 0.0909. The van der Waals surface area contributed by atoms with Gasteiger partial charge in [0.1, 0.15) is 12.1 Å². The van der Waals surface area contributed by atoms with E-state index in [1.54, 1.807) is 24.8 Å². The molecule has 0 bridgehead atoms.